The average molecular weight is 218 g/mol. The van der Waals surface area contributed by atoms with Crippen LogP contribution >= 0.6 is 0 Å². The third-order valence-corrected chi connectivity index (χ3v) is 4.75. The maximum atomic E-state index is 9.98. The molecular weight excluding hydrogens is 196 g/mol. The average Bonchev–Trinajstić information content (AvgIpc) is 2.27. The van der Waals surface area contributed by atoms with Crippen LogP contribution in [-0.4, -0.2) is 5.11 Å². The molecule has 1 aromatic rings. The summed E-state index contributed by atoms with van der Waals surface area (Å²) >= 11 is 0. The molecule has 0 aliphatic heterocycles. The van der Waals surface area contributed by atoms with Gasteiger partial charge in [-0.3, -0.25) is 0 Å². The van der Waals surface area contributed by atoms with Crippen molar-refractivity contribution in [2.45, 2.75) is 52.4 Å². The molecule has 0 spiro atoms. The second-order valence-corrected chi connectivity index (χ2v) is 6.17. The summed E-state index contributed by atoms with van der Waals surface area (Å²) in [5.41, 5.74) is 2.90. The monoisotopic (exact) mass is 218 g/mol. The Morgan fingerprint density at radius 2 is 1.81 bits per heavy atom. The first kappa shape index (κ1) is 11.5. The van der Waals surface area contributed by atoms with Crippen LogP contribution in [0.4, 0.5) is 0 Å². The van der Waals surface area contributed by atoms with Crippen LogP contribution in [0.25, 0.3) is 0 Å². The van der Waals surface area contributed by atoms with Crippen molar-refractivity contribution in [3.8, 4) is 5.75 Å². The third kappa shape index (κ3) is 1.53. The highest BCUT2D eigenvalue weighted by Gasteiger charge is 2.41. The van der Waals surface area contributed by atoms with Gasteiger partial charge in [0, 0.05) is 0 Å². The summed E-state index contributed by atoms with van der Waals surface area (Å²) in [7, 11) is 0. The Morgan fingerprint density at radius 1 is 1.12 bits per heavy atom. The van der Waals surface area contributed by atoms with Gasteiger partial charge in [0.2, 0.25) is 0 Å². The van der Waals surface area contributed by atoms with Gasteiger partial charge in [-0.2, -0.15) is 0 Å². The first-order valence-corrected chi connectivity index (χ1v) is 6.17. The van der Waals surface area contributed by atoms with Gasteiger partial charge < -0.3 is 5.11 Å². The summed E-state index contributed by atoms with van der Waals surface area (Å²) < 4.78 is 0. The van der Waals surface area contributed by atoms with Crippen LogP contribution in [0.15, 0.2) is 18.2 Å². The molecule has 1 heteroatoms. The highest BCUT2D eigenvalue weighted by atomic mass is 16.3. The third-order valence-electron chi connectivity index (χ3n) is 4.75. The standard InChI is InChI=1S/C15H22O/c1-14(2)10-6-7-11-12(15(14,3)4)8-5-9-13(11)16/h5,8-9,16H,6-7,10H2,1-4H3. The van der Waals surface area contributed by atoms with E-state index in [1.807, 2.05) is 12.1 Å². The number of phenolic OH excluding ortho intramolecular Hbond substituents is 1. The first-order valence-electron chi connectivity index (χ1n) is 6.17. The lowest BCUT2D eigenvalue weighted by atomic mass is 9.63. The molecule has 1 aromatic carbocycles. The maximum Gasteiger partial charge on any atom is 0.119 e. The van der Waals surface area contributed by atoms with Crippen LogP contribution in [0.1, 0.15) is 51.7 Å². The number of hydrogen-bond donors (Lipinski definition) is 1. The molecule has 0 atom stereocenters. The topological polar surface area (TPSA) is 20.2 Å². The fourth-order valence-corrected chi connectivity index (χ4v) is 2.81. The Kier molecular flexibility index (Phi) is 2.52. The lowest BCUT2D eigenvalue weighted by molar-refractivity contribution is 0.184. The van der Waals surface area contributed by atoms with E-state index in [0.29, 0.717) is 5.75 Å². The van der Waals surface area contributed by atoms with Crippen LogP contribution < -0.4 is 0 Å². The van der Waals surface area contributed by atoms with Crippen molar-refractivity contribution in [2.24, 2.45) is 5.41 Å². The fraction of sp³-hybridized carbons (Fsp3) is 0.600. The molecule has 1 aliphatic carbocycles. The Labute approximate surface area is 98.5 Å². The number of rotatable bonds is 0. The molecule has 0 saturated heterocycles. The number of fused-ring (bicyclic) bond motifs is 1. The molecular formula is C15H22O. The van der Waals surface area contributed by atoms with Gasteiger partial charge in [-0.25, -0.2) is 0 Å². The molecule has 1 N–H and O–H groups in total. The van der Waals surface area contributed by atoms with Crippen LogP contribution in [0.2, 0.25) is 0 Å². The van der Waals surface area contributed by atoms with Gasteiger partial charge in [0.05, 0.1) is 0 Å². The fourth-order valence-electron chi connectivity index (χ4n) is 2.81. The predicted molar refractivity (Wildman–Crippen MR) is 67.9 cm³/mol. The van der Waals surface area contributed by atoms with E-state index < -0.39 is 0 Å². The molecule has 2 rings (SSSR count). The van der Waals surface area contributed by atoms with Crippen LogP contribution in [0, 0.1) is 5.41 Å². The Bertz CT molecular complexity index is 402. The van der Waals surface area contributed by atoms with Crippen molar-refractivity contribution < 1.29 is 5.11 Å². The summed E-state index contributed by atoms with van der Waals surface area (Å²) in [6.45, 7) is 9.28. The minimum atomic E-state index is 0.123. The molecule has 0 bridgehead atoms. The van der Waals surface area contributed by atoms with Gasteiger partial charge in [0.25, 0.3) is 0 Å². The van der Waals surface area contributed by atoms with Gasteiger partial charge in [-0.1, -0.05) is 39.8 Å². The molecule has 0 heterocycles. The molecule has 0 fully saturated rings. The Balaban J connectivity index is 2.64. The highest BCUT2D eigenvalue weighted by molar-refractivity contribution is 5.44. The van der Waals surface area contributed by atoms with Crippen molar-refractivity contribution in [3.05, 3.63) is 29.3 Å². The highest BCUT2D eigenvalue weighted by Crippen LogP contribution is 2.49. The second kappa shape index (κ2) is 3.51. The molecule has 0 amide bonds. The second-order valence-electron chi connectivity index (χ2n) is 6.17. The van der Waals surface area contributed by atoms with Gasteiger partial charge in [0.15, 0.2) is 0 Å². The molecule has 1 nitrogen and oxygen atoms in total. The van der Waals surface area contributed by atoms with E-state index in [2.05, 4.69) is 33.8 Å². The van der Waals surface area contributed by atoms with E-state index in [-0.39, 0.29) is 10.8 Å². The number of phenols is 1. The molecule has 88 valence electrons. The van der Waals surface area contributed by atoms with E-state index >= 15 is 0 Å². The van der Waals surface area contributed by atoms with Crippen molar-refractivity contribution in [1.29, 1.82) is 0 Å². The molecule has 0 saturated carbocycles. The van der Waals surface area contributed by atoms with Crippen LogP contribution in [0.5, 0.6) is 5.75 Å². The minimum Gasteiger partial charge on any atom is -0.508 e. The van der Waals surface area contributed by atoms with E-state index in [1.165, 1.54) is 18.4 Å². The van der Waals surface area contributed by atoms with E-state index in [4.69, 9.17) is 0 Å². The van der Waals surface area contributed by atoms with Gasteiger partial charge in [-0.15, -0.1) is 0 Å². The Morgan fingerprint density at radius 3 is 2.50 bits per heavy atom. The number of aromatic hydroxyl groups is 1. The van der Waals surface area contributed by atoms with E-state index in [0.717, 1.165) is 12.0 Å². The summed E-state index contributed by atoms with van der Waals surface area (Å²) in [6.07, 6.45) is 3.39. The smallest absolute Gasteiger partial charge is 0.119 e. The zero-order valence-corrected chi connectivity index (χ0v) is 10.8. The molecule has 0 unspecified atom stereocenters. The van der Waals surface area contributed by atoms with Crippen molar-refractivity contribution >= 4 is 0 Å². The summed E-state index contributed by atoms with van der Waals surface area (Å²) in [5, 5.41) is 9.98. The molecule has 1 aliphatic rings. The van der Waals surface area contributed by atoms with Crippen molar-refractivity contribution in [3.63, 3.8) is 0 Å². The number of hydrogen-bond acceptors (Lipinski definition) is 1. The summed E-state index contributed by atoms with van der Waals surface area (Å²) in [5.74, 6) is 0.475. The van der Waals surface area contributed by atoms with Gasteiger partial charge in [0.1, 0.15) is 5.75 Å². The lowest BCUT2D eigenvalue weighted by Gasteiger charge is -2.41. The summed E-state index contributed by atoms with van der Waals surface area (Å²) in [4.78, 5) is 0. The molecule has 16 heavy (non-hydrogen) atoms. The van der Waals surface area contributed by atoms with Crippen molar-refractivity contribution in [1.82, 2.24) is 0 Å². The predicted octanol–water partition coefficient (Wildman–Crippen LogP) is 4.03. The normalized spacial score (nSPS) is 22.2. The minimum absolute atomic E-state index is 0.123. The quantitative estimate of drug-likeness (QED) is 0.652. The molecule has 0 aromatic heterocycles. The van der Waals surface area contributed by atoms with E-state index in [1.54, 1.807) is 0 Å². The summed E-state index contributed by atoms with van der Waals surface area (Å²) in [6, 6.07) is 5.96. The maximum absolute atomic E-state index is 9.98. The lowest BCUT2D eigenvalue weighted by Crippen LogP contribution is -2.35. The van der Waals surface area contributed by atoms with Gasteiger partial charge in [-0.05, 0) is 47.3 Å². The SMILES string of the molecule is CC1(C)CCCc2c(O)cccc2C1(C)C. The van der Waals surface area contributed by atoms with E-state index in [9.17, 15) is 5.11 Å². The zero-order valence-electron chi connectivity index (χ0n) is 10.8. The van der Waals surface area contributed by atoms with Crippen LogP contribution in [-0.2, 0) is 11.8 Å². The Hall–Kier alpha value is -0.980. The molecule has 0 radical (unpaired) electrons. The van der Waals surface area contributed by atoms with Crippen LogP contribution in [0.3, 0.4) is 0 Å². The first-order chi connectivity index (χ1) is 7.36. The largest absolute Gasteiger partial charge is 0.508 e. The number of benzene rings is 1. The van der Waals surface area contributed by atoms with Gasteiger partial charge >= 0.3 is 0 Å². The van der Waals surface area contributed by atoms with Crippen molar-refractivity contribution in [2.75, 3.05) is 0 Å². The zero-order chi connectivity index (χ0) is 12.0.